The first kappa shape index (κ1) is 11.7. The van der Waals surface area contributed by atoms with Crippen LogP contribution in [0.5, 0.6) is 0 Å². The van der Waals surface area contributed by atoms with Crippen LogP contribution in [-0.4, -0.2) is 29.2 Å². The van der Waals surface area contributed by atoms with Crippen molar-refractivity contribution in [2.24, 2.45) is 0 Å². The minimum absolute atomic E-state index is 0.426. The van der Waals surface area contributed by atoms with Gasteiger partial charge in [-0.05, 0) is 22.9 Å². The fourth-order valence-corrected chi connectivity index (χ4v) is 1.03. The standard InChI is InChI=1S/C6H10BrClN2O2/c1-3-10-5(12)6(7,8)4(11)9-2/h3H2,1-2H3,(H,9,11)(H,10,12). The summed E-state index contributed by atoms with van der Waals surface area (Å²) in [5.74, 6) is -1.15. The number of carbonyl (C=O) groups is 2. The van der Waals surface area contributed by atoms with Gasteiger partial charge >= 0.3 is 0 Å². The van der Waals surface area contributed by atoms with Crippen molar-refractivity contribution in [2.75, 3.05) is 13.6 Å². The van der Waals surface area contributed by atoms with Crippen LogP contribution in [0.25, 0.3) is 0 Å². The van der Waals surface area contributed by atoms with E-state index >= 15 is 0 Å². The van der Waals surface area contributed by atoms with Gasteiger partial charge in [0, 0.05) is 13.6 Å². The molecule has 2 N–H and O–H groups in total. The van der Waals surface area contributed by atoms with Gasteiger partial charge in [-0.1, -0.05) is 11.6 Å². The van der Waals surface area contributed by atoms with Crippen molar-refractivity contribution < 1.29 is 9.59 Å². The molecule has 0 fully saturated rings. The Morgan fingerprint density at radius 2 is 2.00 bits per heavy atom. The first-order valence-electron chi connectivity index (χ1n) is 3.35. The molecule has 2 amide bonds. The fourth-order valence-electron chi connectivity index (χ4n) is 0.532. The van der Waals surface area contributed by atoms with Crippen LogP contribution < -0.4 is 10.6 Å². The van der Waals surface area contributed by atoms with Gasteiger partial charge in [0.05, 0.1) is 0 Å². The summed E-state index contributed by atoms with van der Waals surface area (Å²) in [6.45, 7) is 2.16. The lowest BCUT2D eigenvalue weighted by atomic mass is 10.3. The monoisotopic (exact) mass is 256 g/mol. The second kappa shape index (κ2) is 4.67. The third-order valence-corrected chi connectivity index (χ3v) is 2.20. The molecule has 0 bridgehead atoms. The Morgan fingerprint density at radius 1 is 1.50 bits per heavy atom. The first-order valence-corrected chi connectivity index (χ1v) is 4.52. The smallest absolute Gasteiger partial charge is 0.261 e. The molecule has 0 aromatic carbocycles. The molecule has 0 aliphatic heterocycles. The highest BCUT2D eigenvalue weighted by atomic mass is 79.9. The van der Waals surface area contributed by atoms with Crippen molar-refractivity contribution in [3.8, 4) is 0 Å². The lowest BCUT2D eigenvalue weighted by Gasteiger charge is -2.16. The highest BCUT2D eigenvalue weighted by Crippen LogP contribution is 2.23. The third kappa shape index (κ3) is 2.64. The molecule has 70 valence electrons. The Morgan fingerprint density at radius 3 is 2.33 bits per heavy atom. The second-order valence-corrected chi connectivity index (χ2v) is 4.23. The molecule has 0 aromatic heterocycles. The highest BCUT2D eigenvalue weighted by molar-refractivity contribution is 9.11. The SMILES string of the molecule is CCNC(=O)C(Cl)(Br)C(=O)NC. The Balaban J connectivity index is 4.38. The second-order valence-electron chi connectivity index (χ2n) is 2.01. The van der Waals surface area contributed by atoms with E-state index in [1.54, 1.807) is 6.92 Å². The molecule has 0 saturated heterocycles. The van der Waals surface area contributed by atoms with Crippen LogP contribution in [0.2, 0.25) is 0 Å². The molecule has 0 aliphatic rings. The van der Waals surface area contributed by atoms with Crippen molar-refractivity contribution in [2.45, 2.75) is 10.7 Å². The van der Waals surface area contributed by atoms with E-state index in [2.05, 4.69) is 26.6 Å². The summed E-state index contributed by atoms with van der Waals surface area (Å²) in [4.78, 5) is 22.1. The van der Waals surface area contributed by atoms with Crippen molar-refractivity contribution in [3.05, 3.63) is 0 Å². The number of hydrogen-bond acceptors (Lipinski definition) is 2. The lowest BCUT2D eigenvalue weighted by molar-refractivity contribution is -0.129. The molecular weight excluding hydrogens is 247 g/mol. The van der Waals surface area contributed by atoms with E-state index in [-0.39, 0.29) is 0 Å². The zero-order valence-corrected chi connectivity index (χ0v) is 9.12. The molecule has 1 atom stereocenters. The van der Waals surface area contributed by atoms with Gasteiger partial charge in [0.2, 0.25) is 0 Å². The molecule has 0 heterocycles. The first-order chi connectivity index (χ1) is 5.46. The van der Waals surface area contributed by atoms with Gasteiger partial charge in [0.15, 0.2) is 0 Å². The van der Waals surface area contributed by atoms with Crippen LogP contribution in [-0.2, 0) is 9.59 Å². The van der Waals surface area contributed by atoms with Crippen LogP contribution >= 0.6 is 27.5 Å². The quantitative estimate of drug-likeness (QED) is 0.560. The van der Waals surface area contributed by atoms with Crippen LogP contribution in [0.4, 0.5) is 0 Å². The van der Waals surface area contributed by atoms with Crippen molar-refractivity contribution in [1.29, 1.82) is 0 Å². The Bertz CT molecular complexity index is 196. The Labute approximate surface area is 84.2 Å². The zero-order valence-electron chi connectivity index (χ0n) is 6.78. The van der Waals surface area contributed by atoms with E-state index in [4.69, 9.17) is 11.6 Å². The maximum Gasteiger partial charge on any atom is 0.261 e. The van der Waals surface area contributed by atoms with E-state index in [9.17, 15) is 9.59 Å². The summed E-state index contributed by atoms with van der Waals surface area (Å²) < 4.78 is -1.70. The number of nitrogens with one attached hydrogen (secondary N) is 2. The minimum atomic E-state index is -1.70. The summed E-state index contributed by atoms with van der Waals surface area (Å²) in [7, 11) is 1.40. The van der Waals surface area contributed by atoms with Crippen molar-refractivity contribution in [3.63, 3.8) is 0 Å². The van der Waals surface area contributed by atoms with Crippen molar-refractivity contribution in [1.82, 2.24) is 10.6 Å². The fraction of sp³-hybridized carbons (Fsp3) is 0.667. The van der Waals surface area contributed by atoms with E-state index in [1.807, 2.05) is 0 Å². The number of amides is 2. The summed E-state index contributed by atoms with van der Waals surface area (Å²) in [5.41, 5.74) is 0. The molecule has 6 heteroatoms. The molecule has 0 aromatic rings. The number of hydrogen-bond donors (Lipinski definition) is 2. The molecule has 0 radical (unpaired) electrons. The normalized spacial score (nSPS) is 14.7. The zero-order chi connectivity index (χ0) is 9.78. The van der Waals surface area contributed by atoms with Crippen LogP contribution in [0, 0.1) is 0 Å². The molecule has 1 unspecified atom stereocenters. The Kier molecular flexibility index (Phi) is 4.55. The van der Waals surface area contributed by atoms with Crippen LogP contribution in [0.15, 0.2) is 0 Å². The predicted molar refractivity (Wildman–Crippen MR) is 50.3 cm³/mol. The number of rotatable bonds is 3. The molecule has 12 heavy (non-hydrogen) atoms. The number of halogens is 2. The lowest BCUT2D eigenvalue weighted by Crippen LogP contribution is -2.48. The van der Waals surface area contributed by atoms with E-state index in [1.165, 1.54) is 7.05 Å². The molecule has 4 nitrogen and oxygen atoms in total. The van der Waals surface area contributed by atoms with Gasteiger partial charge in [-0.25, -0.2) is 0 Å². The summed E-state index contributed by atoms with van der Waals surface area (Å²) in [6.07, 6.45) is 0. The van der Waals surface area contributed by atoms with Gasteiger partial charge in [-0.3, -0.25) is 9.59 Å². The third-order valence-electron chi connectivity index (χ3n) is 1.13. The topological polar surface area (TPSA) is 58.2 Å². The average molecular weight is 258 g/mol. The highest BCUT2D eigenvalue weighted by Gasteiger charge is 2.40. The molecular formula is C6H10BrClN2O2. The van der Waals surface area contributed by atoms with Crippen LogP contribution in [0.3, 0.4) is 0 Å². The van der Waals surface area contributed by atoms with Gasteiger partial charge in [-0.2, -0.15) is 0 Å². The largest absolute Gasteiger partial charge is 0.356 e. The molecule has 0 spiro atoms. The maximum absolute atomic E-state index is 11.1. The average Bonchev–Trinajstić information content (AvgIpc) is 2.03. The number of carbonyl (C=O) groups excluding carboxylic acids is 2. The molecule has 0 rings (SSSR count). The Hall–Kier alpha value is -0.290. The predicted octanol–water partition coefficient (Wildman–Crippen LogP) is 0.199. The van der Waals surface area contributed by atoms with E-state index < -0.39 is 15.6 Å². The number of alkyl halides is 2. The summed E-state index contributed by atoms with van der Waals surface area (Å²) in [6, 6.07) is 0. The van der Waals surface area contributed by atoms with Crippen LogP contribution in [0.1, 0.15) is 6.92 Å². The van der Waals surface area contributed by atoms with Gasteiger partial charge in [0.25, 0.3) is 15.6 Å². The minimum Gasteiger partial charge on any atom is -0.356 e. The van der Waals surface area contributed by atoms with E-state index in [0.29, 0.717) is 6.54 Å². The van der Waals surface area contributed by atoms with Gasteiger partial charge < -0.3 is 10.6 Å². The van der Waals surface area contributed by atoms with Crippen molar-refractivity contribution >= 4 is 39.3 Å². The van der Waals surface area contributed by atoms with E-state index in [0.717, 1.165) is 0 Å². The van der Waals surface area contributed by atoms with Gasteiger partial charge in [-0.15, -0.1) is 0 Å². The molecule has 0 saturated carbocycles. The summed E-state index contributed by atoms with van der Waals surface area (Å²) >= 11 is 8.42. The van der Waals surface area contributed by atoms with Gasteiger partial charge in [0.1, 0.15) is 0 Å². The summed E-state index contributed by atoms with van der Waals surface area (Å²) in [5, 5.41) is 4.69. The maximum atomic E-state index is 11.1. The molecule has 0 aliphatic carbocycles.